The third kappa shape index (κ3) is 4.23. The maximum Gasteiger partial charge on any atom is 0.306 e. The van der Waals surface area contributed by atoms with Gasteiger partial charge in [-0.3, -0.25) is 10.1 Å². The van der Waals surface area contributed by atoms with E-state index < -0.39 is 23.7 Å². The molecule has 116 valence electrons. The van der Waals surface area contributed by atoms with Crippen molar-refractivity contribution in [3.63, 3.8) is 0 Å². The molecule has 0 radical (unpaired) electrons. The highest BCUT2D eigenvalue weighted by molar-refractivity contribution is 7.63. The highest BCUT2D eigenvalue weighted by Gasteiger charge is 2.15. The monoisotopic (exact) mass is 325 g/mol. The van der Waals surface area contributed by atoms with Gasteiger partial charge < -0.3 is 15.0 Å². The van der Waals surface area contributed by atoms with Crippen LogP contribution in [-0.2, 0) is 4.57 Å². The zero-order valence-electron chi connectivity index (χ0n) is 11.8. The number of nitro groups is 1. The molecule has 0 atom stereocenters. The van der Waals surface area contributed by atoms with E-state index in [2.05, 4.69) is 20.4 Å². The minimum atomic E-state index is -2.52. The van der Waals surface area contributed by atoms with Gasteiger partial charge in [-0.15, -0.1) is 0 Å². The van der Waals surface area contributed by atoms with Crippen LogP contribution in [0.1, 0.15) is 0 Å². The molecule has 0 aliphatic heterocycles. The summed E-state index contributed by atoms with van der Waals surface area (Å²) >= 11 is 0. The normalized spacial score (nSPS) is 11.0. The second-order valence-corrected chi connectivity index (χ2v) is 7.70. The van der Waals surface area contributed by atoms with Crippen molar-refractivity contribution in [1.82, 2.24) is 9.97 Å². The van der Waals surface area contributed by atoms with Crippen molar-refractivity contribution in [2.45, 2.75) is 0 Å². The molecule has 0 unspecified atom stereocenters. The van der Waals surface area contributed by atoms with E-state index in [0.29, 0.717) is 5.82 Å². The molecule has 0 amide bonds. The molecule has 0 saturated heterocycles. The number of aromatic nitrogens is 2. The molecule has 0 bridgehead atoms. The van der Waals surface area contributed by atoms with Crippen molar-refractivity contribution in [3.8, 4) is 0 Å². The van der Waals surface area contributed by atoms with E-state index in [0.717, 1.165) is 12.1 Å². The van der Waals surface area contributed by atoms with Crippen LogP contribution in [-0.4, -0.2) is 28.2 Å². The van der Waals surface area contributed by atoms with Crippen LogP contribution in [0.2, 0.25) is 0 Å². The van der Waals surface area contributed by atoms with Crippen molar-refractivity contribution in [2.24, 2.45) is 0 Å². The number of hydrogen-bond acceptors (Lipinski definition) is 6. The number of halogens is 1. The van der Waals surface area contributed by atoms with Crippen LogP contribution in [0.4, 0.5) is 27.5 Å². The largest absolute Gasteiger partial charge is 0.324 e. The van der Waals surface area contributed by atoms with Gasteiger partial charge in [0.25, 0.3) is 0 Å². The van der Waals surface area contributed by atoms with Crippen LogP contribution in [0.5, 0.6) is 0 Å². The zero-order chi connectivity index (χ0) is 16.3. The lowest BCUT2D eigenvalue weighted by Crippen LogP contribution is -2.02. The number of nitrogens with zero attached hydrogens (tertiary/aromatic N) is 3. The molecule has 2 N–H and O–H groups in total. The second kappa shape index (κ2) is 6.07. The van der Waals surface area contributed by atoms with Gasteiger partial charge in [0.05, 0.1) is 4.92 Å². The van der Waals surface area contributed by atoms with E-state index in [4.69, 9.17) is 0 Å². The topological polar surface area (TPSA) is 110 Å². The maximum absolute atomic E-state index is 13.3. The van der Waals surface area contributed by atoms with E-state index >= 15 is 0 Å². The molecular weight excluding hydrogens is 312 g/mol. The first-order chi connectivity index (χ1) is 10.2. The van der Waals surface area contributed by atoms with Gasteiger partial charge in [-0.25, -0.2) is 4.98 Å². The minimum absolute atomic E-state index is 0.138. The van der Waals surface area contributed by atoms with Crippen molar-refractivity contribution >= 4 is 30.4 Å². The summed E-state index contributed by atoms with van der Waals surface area (Å²) in [6, 6.07) is 4.90. The smallest absolute Gasteiger partial charge is 0.306 e. The molecule has 10 heteroatoms. The third-order valence-electron chi connectivity index (χ3n) is 2.44. The van der Waals surface area contributed by atoms with Gasteiger partial charge in [0.2, 0.25) is 11.8 Å². The third-order valence-corrected chi connectivity index (χ3v) is 3.21. The minimum Gasteiger partial charge on any atom is -0.324 e. The molecule has 0 aliphatic rings. The average Bonchev–Trinajstić information content (AvgIpc) is 2.39. The fourth-order valence-electron chi connectivity index (χ4n) is 1.62. The van der Waals surface area contributed by atoms with Crippen molar-refractivity contribution in [2.75, 3.05) is 23.7 Å². The summed E-state index contributed by atoms with van der Waals surface area (Å²) in [6.45, 7) is 3.09. The van der Waals surface area contributed by atoms with Gasteiger partial charge in [0.1, 0.15) is 5.82 Å². The molecule has 8 nitrogen and oxygen atoms in total. The Kier molecular flexibility index (Phi) is 4.37. The lowest BCUT2D eigenvalue weighted by Gasteiger charge is -2.11. The highest BCUT2D eigenvalue weighted by atomic mass is 31.2. The molecule has 22 heavy (non-hydrogen) atoms. The molecular formula is C12H13FN5O3P. The Hall–Kier alpha value is -2.54. The molecule has 0 fully saturated rings. The SMILES string of the molecule is CP(C)(=O)Nc1ccnc(Nc2ccc(F)c([N+](=O)[O-])c2)n1. The van der Waals surface area contributed by atoms with E-state index in [1.54, 1.807) is 13.3 Å². The summed E-state index contributed by atoms with van der Waals surface area (Å²) in [5, 5.41) is 16.2. The number of nitro benzene ring substituents is 1. The van der Waals surface area contributed by atoms with Crippen LogP contribution in [0.15, 0.2) is 30.5 Å². The molecule has 2 rings (SSSR count). The van der Waals surface area contributed by atoms with E-state index in [1.807, 2.05) is 0 Å². The van der Waals surface area contributed by atoms with Gasteiger partial charge in [0.15, 0.2) is 7.29 Å². The molecule has 1 aromatic heterocycles. The van der Waals surface area contributed by atoms with Crippen LogP contribution in [0.25, 0.3) is 0 Å². The molecule has 2 aromatic rings. The lowest BCUT2D eigenvalue weighted by atomic mass is 10.2. The Labute approximate surface area is 125 Å². The van der Waals surface area contributed by atoms with E-state index in [9.17, 15) is 19.1 Å². The van der Waals surface area contributed by atoms with Crippen molar-refractivity contribution in [1.29, 1.82) is 0 Å². The van der Waals surface area contributed by atoms with E-state index in [-0.39, 0.29) is 11.6 Å². The number of benzene rings is 1. The van der Waals surface area contributed by atoms with Crippen LogP contribution in [0.3, 0.4) is 0 Å². The van der Waals surface area contributed by atoms with Crippen molar-refractivity contribution in [3.05, 3.63) is 46.4 Å². The summed E-state index contributed by atoms with van der Waals surface area (Å²) in [5.41, 5.74) is -0.382. The zero-order valence-corrected chi connectivity index (χ0v) is 12.7. The fraction of sp³-hybridized carbons (Fsp3) is 0.167. The van der Waals surface area contributed by atoms with Gasteiger partial charge >= 0.3 is 5.69 Å². The number of nitrogens with one attached hydrogen (secondary N) is 2. The molecule has 0 aliphatic carbocycles. The molecule has 0 spiro atoms. The van der Waals surface area contributed by atoms with Crippen LogP contribution >= 0.6 is 7.29 Å². The molecule has 0 saturated carbocycles. The van der Waals surface area contributed by atoms with Crippen LogP contribution < -0.4 is 10.4 Å². The Morgan fingerprint density at radius 3 is 2.68 bits per heavy atom. The first kappa shape index (κ1) is 15.8. The molecule has 1 aromatic carbocycles. The van der Waals surface area contributed by atoms with Crippen molar-refractivity contribution < 1.29 is 13.9 Å². The summed E-state index contributed by atoms with van der Waals surface area (Å²) in [6.07, 6.45) is 1.44. The summed E-state index contributed by atoms with van der Waals surface area (Å²) in [5.74, 6) is -0.438. The fourth-order valence-corrected chi connectivity index (χ4v) is 2.29. The Bertz CT molecular complexity index is 764. The second-order valence-electron chi connectivity index (χ2n) is 4.78. The predicted molar refractivity (Wildman–Crippen MR) is 81.4 cm³/mol. The number of hydrogen-bond donors (Lipinski definition) is 2. The number of rotatable bonds is 5. The Balaban J connectivity index is 2.24. The number of anilines is 3. The van der Waals surface area contributed by atoms with E-state index in [1.165, 1.54) is 18.3 Å². The maximum atomic E-state index is 13.3. The lowest BCUT2D eigenvalue weighted by molar-refractivity contribution is -0.387. The van der Waals surface area contributed by atoms with Gasteiger partial charge in [-0.2, -0.15) is 9.37 Å². The standard InChI is InChI=1S/C12H13FN5O3P/c1-22(2,21)17-11-5-6-14-12(16-11)15-8-3-4-9(13)10(7-8)18(19)20/h3-7H,1-2H3,(H2,14,15,16,17,21). The Morgan fingerprint density at radius 1 is 1.32 bits per heavy atom. The molecule has 1 heterocycles. The van der Waals surface area contributed by atoms with Gasteiger partial charge in [-0.05, 0) is 18.2 Å². The summed E-state index contributed by atoms with van der Waals surface area (Å²) < 4.78 is 25.0. The first-order valence-corrected chi connectivity index (χ1v) is 8.72. The highest BCUT2D eigenvalue weighted by Crippen LogP contribution is 2.35. The van der Waals surface area contributed by atoms with Gasteiger partial charge in [0, 0.05) is 31.3 Å². The predicted octanol–water partition coefficient (Wildman–Crippen LogP) is 3.22. The first-order valence-electron chi connectivity index (χ1n) is 6.12. The summed E-state index contributed by atoms with van der Waals surface area (Å²) in [4.78, 5) is 17.9. The average molecular weight is 325 g/mol. The van der Waals surface area contributed by atoms with Crippen LogP contribution in [0, 0.1) is 15.9 Å². The van der Waals surface area contributed by atoms with Gasteiger partial charge in [-0.1, -0.05) is 0 Å². The Morgan fingerprint density at radius 2 is 2.05 bits per heavy atom. The summed E-state index contributed by atoms with van der Waals surface area (Å²) in [7, 11) is -2.52. The quantitative estimate of drug-likeness (QED) is 0.493.